The molecule has 308 valence electrons. The lowest BCUT2D eigenvalue weighted by atomic mass is 9.73. The molecule has 9 nitrogen and oxygen atoms in total. The number of methoxy groups -OCH3 is 4. The molecule has 0 saturated heterocycles. The van der Waals surface area contributed by atoms with E-state index in [1.54, 1.807) is 28.4 Å². The molecule has 0 bridgehead atoms. The lowest BCUT2D eigenvalue weighted by Crippen LogP contribution is -2.26. The molecule has 55 heavy (non-hydrogen) atoms. The fraction of sp³-hybridized carbons (Fsp3) is 0.609. The summed E-state index contributed by atoms with van der Waals surface area (Å²) in [7, 11) is 6.81. The Balaban J connectivity index is 1.96. The largest absolute Gasteiger partial charge is 0.465 e. The molecule has 0 heterocycles. The molecule has 0 saturated carbocycles. The van der Waals surface area contributed by atoms with Gasteiger partial charge in [0.25, 0.3) is 0 Å². The topological polar surface area (TPSA) is 83.1 Å². The molecule has 0 amide bonds. The highest BCUT2D eigenvalue weighted by Crippen LogP contribution is 2.41. The molecule has 3 rings (SSSR count). The van der Waals surface area contributed by atoms with E-state index in [0.717, 1.165) is 64.8 Å². The Morgan fingerprint density at radius 1 is 0.473 bits per heavy atom. The number of rotatable bonds is 26. The lowest BCUT2D eigenvalue weighted by molar-refractivity contribution is -0.204. The van der Waals surface area contributed by atoms with E-state index in [9.17, 15) is 0 Å². The molecule has 0 aromatic heterocycles. The molecule has 0 aliphatic carbocycles. The van der Waals surface area contributed by atoms with Crippen molar-refractivity contribution in [3.63, 3.8) is 0 Å². The van der Waals surface area contributed by atoms with Crippen LogP contribution in [0.3, 0.4) is 0 Å². The summed E-state index contributed by atoms with van der Waals surface area (Å²) >= 11 is 0. The van der Waals surface area contributed by atoms with E-state index in [2.05, 4.69) is 90.1 Å². The van der Waals surface area contributed by atoms with E-state index in [1.165, 1.54) is 11.1 Å². The Hall–Kier alpha value is -3.02. The van der Waals surface area contributed by atoms with Gasteiger partial charge in [-0.15, -0.1) is 0 Å². The van der Waals surface area contributed by atoms with Gasteiger partial charge in [-0.2, -0.15) is 0 Å². The third-order valence-electron chi connectivity index (χ3n) is 10.1. The molecule has 3 atom stereocenters. The summed E-state index contributed by atoms with van der Waals surface area (Å²) in [5, 5.41) is 0. The van der Waals surface area contributed by atoms with Gasteiger partial charge in [-0.05, 0) is 80.1 Å². The molecule has 0 fully saturated rings. The molecular formula is C46H70O9. The Kier molecular flexibility index (Phi) is 19.1. The van der Waals surface area contributed by atoms with Crippen LogP contribution >= 0.6 is 0 Å². The van der Waals surface area contributed by atoms with Gasteiger partial charge in [-0.3, -0.25) is 0 Å². The Morgan fingerprint density at radius 3 is 1.13 bits per heavy atom. The summed E-state index contributed by atoms with van der Waals surface area (Å²) < 4.78 is 53.3. The molecule has 0 spiro atoms. The predicted molar refractivity (Wildman–Crippen MR) is 219 cm³/mol. The van der Waals surface area contributed by atoms with Crippen molar-refractivity contribution in [3.05, 3.63) is 93.0 Å². The normalized spacial score (nSPS) is 13.8. The van der Waals surface area contributed by atoms with Crippen molar-refractivity contribution in [2.24, 2.45) is 0 Å². The van der Waals surface area contributed by atoms with E-state index >= 15 is 0 Å². The summed E-state index contributed by atoms with van der Waals surface area (Å²) in [4.78, 5) is 0. The van der Waals surface area contributed by atoms with Crippen molar-refractivity contribution in [1.82, 2.24) is 0 Å². The quantitative estimate of drug-likeness (QED) is 0.0586. The molecule has 0 aliphatic heterocycles. The Morgan fingerprint density at radius 2 is 0.800 bits per heavy atom. The van der Waals surface area contributed by atoms with Crippen LogP contribution in [0.15, 0.2) is 48.5 Å². The fourth-order valence-electron chi connectivity index (χ4n) is 6.71. The van der Waals surface area contributed by atoms with Gasteiger partial charge in [0, 0.05) is 68.1 Å². The highest BCUT2D eigenvalue weighted by atomic mass is 16.8. The molecule has 0 N–H and O–H groups in total. The SMILES string of the molecule is CCCCOC(C)Oc1c(COC)cc(C(C)(C)c2ccc(C(C)(C)c3cc(COC)c(OC(C)OC(C)OCCCC)c(COC)c3)cc2)cc1COC. The number of benzene rings is 3. The molecule has 3 unspecified atom stereocenters. The number of unbranched alkanes of at least 4 members (excludes halogenated alkanes) is 2. The molecule has 3 aromatic rings. The average molecular weight is 767 g/mol. The summed E-state index contributed by atoms with van der Waals surface area (Å²) in [6, 6.07) is 17.7. The summed E-state index contributed by atoms with van der Waals surface area (Å²) in [6.07, 6.45) is 2.79. The Labute approximate surface area is 332 Å². The summed E-state index contributed by atoms with van der Waals surface area (Å²) in [5.74, 6) is 1.47. The first-order chi connectivity index (χ1) is 26.3. The van der Waals surface area contributed by atoms with E-state index < -0.39 is 12.6 Å². The summed E-state index contributed by atoms with van der Waals surface area (Å²) in [5.41, 5.74) is 7.77. The van der Waals surface area contributed by atoms with Crippen LogP contribution in [0.1, 0.15) is 133 Å². The molecule has 0 radical (unpaired) electrons. The zero-order chi connectivity index (χ0) is 40.6. The first-order valence-electron chi connectivity index (χ1n) is 19.9. The smallest absolute Gasteiger partial charge is 0.199 e. The minimum Gasteiger partial charge on any atom is -0.465 e. The number of hydrogen-bond donors (Lipinski definition) is 0. The van der Waals surface area contributed by atoms with Crippen molar-refractivity contribution in [1.29, 1.82) is 0 Å². The van der Waals surface area contributed by atoms with Crippen molar-refractivity contribution >= 4 is 0 Å². The van der Waals surface area contributed by atoms with Crippen molar-refractivity contribution in [2.45, 2.75) is 144 Å². The average Bonchev–Trinajstić information content (AvgIpc) is 3.14. The predicted octanol–water partition coefficient (Wildman–Crippen LogP) is 10.4. The first kappa shape index (κ1) is 46.4. The van der Waals surface area contributed by atoms with Gasteiger partial charge in [-0.1, -0.05) is 78.6 Å². The van der Waals surface area contributed by atoms with E-state index in [0.29, 0.717) is 45.4 Å². The third-order valence-corrected chi connectivity index (χ3v) is 10.1. The minimum atomic E-state index is -0.536. The van der Waals surface area contributed by atoms with Crippen LogP contribution in [0.5, 0.6) is 11.5 Å². The second-order valence-corrected chi connectivity index (χ2v) is 15.3. The van der Waals surface area contributed by atoms with Gasteiger partial charge in [0.2, 0.25) is 0 Å². The third kappa shape index (κ3) is 13.0. The van der Waals surface area contributed by atoms with Gasteiger partial charge < -0.3 is 42.6 Å². The highest BCUT2D eigenvalue weighted by Gasteiger charge is 2.30. The van der Waals surface area contributed by atoms with E-state index in [4.69, 9.17) is 42.6 Å². The van der Waals surface area contributed by atoms with Gasteiger partial charge in [0.05, 0.1) is 33.0 Å². The van der Waals surface area contributed by atoms with Crippen LogP contribution in [-0.4, -0.2) is 60.5 Å². The van der Waals surface area contributed by atoms with Crippen LogP contribution in [0, 0.1) is 0 Å². The van der Waals surface area contributed by atoms with Gasteiger partial charge in [0.15, 0.2) is 18.9 Å². The molecule has 9 heteroatoms. The maximum absolute atomic E-state index is 6.43. The highest BCUT2D eigenvalue weighted by molar-refractivity contribution is 5.52. The minimum absolute atomic E-state index is 0.330. The Bertz CT molecular complexity index is 1510. The van der Waals surface area contributed by atoms with E-state index in [1.807, 2.05) is 20.8 Å². The second kappa shape index (κ2) is 22.7. The number of hydrogen-bond acceptors (Lipinski definition) is 9. The maximum Gasteiger partial charge on any atom is 0.199 e. The second-order valence-electron chi connectivity index (χ2n) is 15.3. The van der Waals surface area contributed by atoms with Crippen LogP contribution in [0.4, 0.5) is 0 Å². The lowest BCUT2D eigenvalue weighted by Gasteiger charge is -2.32. The monoisotopic (exact) mass is 767 g/mol. The van der Waals surface area contributed by atoms with Crippen molar-refractivity contribution in [2.75, 3.05) is 41.7 Å². The first-order valence-corrected chi connectivity index (χ1v) is 19.9. The standard InChI is InChI=1S/C46H70O9/c1-14-16-22-51-32(3)53-34(5)55-44-37(30-49-12)26-42(27-38(44)31-50-13)46(8,9)40-20-18-39(19-21-40)45(6,7)41-24-35(28-47-10)43(36(25-41)29-48-11)54-33(4)52-23-17-15-2/h18-21,24-27,32-34H,14-17,22-23,28-31H2,1-13H3. The molecular weight excluding hydrogens is 696 g/mol. The zero-order valence-electron chi connectivity index (χ0n) is 36.1. The van der Waals surface area contributed by atoms with Crippen LogP contribution in [0.2, 0.25) is 0 Å². The summed E-state index contributed by atoms with van der Waals surface area (Å²) in [6.45, 7) is 21.9. The molecule has 0 aliphatic rings. The van der Waals surface area contributed by atoms with Gasteiger partial charge in [0.1, 0.15) is 11.5 Å². The van der Waals surface area contributed by atoms with Crippen LogP contribution < -0.4 is 9.47 Å². The maximum atomic E-state index is 6.43. The fourth-order valence-corrected chi connectivity index (χ4v) is 6.71. The van der Waals surface area contributed by atoms with Gasteiger partial charge >= 0.3 is 0 Å². The van der Waals surface area contributed by atoms with Gasteiger partial charge in [-0.25, -0.2) is 0 Å². The van der Waals surface area contributed by atoms with Crippen molar-refractivity contribution in [3.8, 4) is 11.5 Å². The van der Waals surface area contributed by atoms with E-state index in [-0.39, 0.29) is 17.1 Å². The zero-order valence-corrected chi connectivity index (χ0v) is 36.1. The van der Waals surface area contributed by atoms with Crippen LogP contribution in [-0.2, 0) is 70.4 Å². The van der Waals surface area contributed by atoms with Crippen LogP contribution in [0.25, 0.3) is 0 Å². The number of ether oxygens (including phenoxy) is 9. The molecule has 3 aromatic carbocycles. The van der Waals surface area contributed by atoms with Crippen molar-refractivity contribution < 1.29 is 42.6 Å².